The molecule has 0 amide bonds. The first-order valence-corrected chi connectivity index (χ1v) is 6.45. The molecule has 2 N–H and O–H groups in total. The van der Waals surface area contributed by atoms with E-state index in [2.05, 4.69) is 26.1 Å². The van der Waals surface area contributed by atoms with Crippen LogP contribution in [0.25, 0.3) is 0 Å². The van der Waals surface area contributed by atoms with Gasteiger partial charge in [0.1, 0.15) is 0 Å². The molecule has 90 valence electrons. The van der Waals surface area contributed by atoms with Gasteiger partial charge in [-0.1, -0.05) is 33.6 Å². The molecule has 2 heteroatoms. The van der Waals surface area contributed by atoms with Gasteiger partial charge in [0.05, 0.1) is 0 Å². The van der Waals surface area contributed by atoms with E-state index in [0.29, 0.717) is 6.04 Å². The summed E-state index contributed by atoms with van der Waals surface area (Å²) in [6, 6.07) is 0.677. The summed E-state index contributed by atoms with van der Waals surface area (Å²) >= 11 is 0. The fourth-order valence-electron chi connectivity index (χ4n) is 2.29. The summed E-state index contributed by atoms with van der Waals surface area (Å²) in [5.74, 6) is 0.804. The van der Waals surface area contributed by atoms with Gasteiger partial charge < -0.3 is 10.4 Å². The van der Waals surface area contributed by atoms with Crippen LogP contribution in [0.15, 0.2) is 0 Å². The van der Waals surface area contributed by atoms with Gasteiger partial charge in [0.25, 0.3) is 0 Å². The zero-order valence-electron chi connectivity index (χ0n) is 10.6. The highest BCUT2D eigenvalue weighted by Gasteiger charge is 2.25. The lowest BCUT2D eigenvalue weighted by atomic mass is 9.83. The van der Waals surface area contributed by atoms with E-state index in [-0.39, 0.29) is 12.0 Å². The monoisotopic (exact) mass is 213 g/mol. The molecule has 3 unspecified atom stereocenters. The first-order valence-electron chi connectivity index (χ1n) is 6.45. The van der Waals surface area contributed by atoms with Crippen LogP contribution >= 0.6 is 0 Å². The van der Waals surface area contributed by atoms with Gasteiger partial charge in [-0.15, -0.1) is 0 Å². The van der Waals surface area contributed by atoms with Gasteiger partial charge in [-0.2, -0.15) is 0 Å². The standard InChI is InChI=1S/C13H27NO/c1-4-13(3,10-15)9-14-12-8-6-5-7-11(12)2/h11-12,14-15H,4-10H2,1-3H3. The van der Waals surface area contributed by atoms with Gasteiger partial charge >= 0.3 is 0 Å². The Hall–Kier alpha value is -0.0800. The number of aliphatic hydroxyl groups excluding tert-OH is 1. The third-order valence-corrected chi connectivity index (χ3v) is 4.14. The first-order chi connectivity index (χ1) is 7.11. The highest BCUT2D eigenvalue weighted by Crippen LogP contribution is 2.25. The zero-order chi connectivity index (χ0) is 11.3. The van der Waals surface area contributed by atoms with Crippen LogP contribution < -0.4 is 5.32 Å². The van der Waals surface area contributed by atoms with Gasteiger partial charge in [-0.05, 0) is 25.2 Å². The molecule has 0 aliphatic heterocycles. The molecule has 0 spiro atoms. The van der Waals surface area contributed by atoms with E-state index in [1.165, 1.54) is 25.7 Å². The van der Waals surface area contributed by atoms with Crippen LogP contribution in [0.1, 0.15) is 52.9 Å². The molecule has 0 aromatic rings. The maximum Gasteiger partial charge on any atom is 0.0496 e. The lowest BCUT2D eigenvalue weighted by molar-refractivity contribution is 0.124. The number of aliphatic hydroxyl groups is 1. The lowest BCUT2D eigenvalue weighted by Crippen LogP contribution is -2.44. The zero-order valence-corrected chi connectivity index (χ0v) is 10.6. The Balaban J connectivity index is 2.34. The second-order valence-electron chi connectivity index (χ2n) is 5.57. The number of hydrogen-bond acceptors (Lipinski definition) is 2. The molecule has 2 nitrogen and oxygen atoms in total. The smallest absolute Gasteiger partial charge is 0.0496 e. The minimum absolute atomic E-state index is 0.0666. The predicted molar refractivity (Wildman–Crippen MR) is 64.9 cm³/mol. The minimum atomic E-state index is 0.0666. The molecule has 1 saturated carbocycles. The van der Waals surface area contributed by atoms with Crippen LogP contribution in [0.2, 0.25) is 0 Å². The van der Waals surface area contributed by atoms with Crippen molar-refractivity contribution >= 4 is 0 Å². The van der Waals surface area contributed by atoms with Crippen molar-refractivity contribution in [2.24, 2.45) is 11.3 Å². The molecule has 1 aliphatic carbocycles. The van der Waals surface area contributed by atoms with Crippen molar-refractivity contribution in [3.05, 3.63) is 0 Å². The molecular weight excluding hydrogens is 186 g/mol. The van der Waals surface area contributed by atoms with Crippen molar-refractivity contribution in [2.45, 2.75) is 58.9 Å². The Morgan fingerprint density at radius 1 is 1.33 bits per heavy atom. The van der Waals surface area contributed by atoms with Crippen molar-refractivity contribution in [3.8, 4) is 0 Å². The SMILES string of the molecule is CCC(C)(CO)CNC1CCCCC1C. The molecule has 0 radical (unpaired) electrons. The molecule has 0 aromatic heterocycles. The molecule has 1 rings (SSSR count). The van der Waals surface area contributed by atoms with Crippen LogP contribution in [0, 0.1) is 11.3 Å². The van der Waals surface area contributed by atoms with Crippen molar-refractivity contribution in [1.82, 2.24) is 5.32 Å². The molecule has 0 heterocycles. The first kappa shape index (κ1) is 13.0. The average Bonchev–Trinajstić information content (AvgIpc) is 2.28. The van der Waals surface area contributed by atoms with E-state index in [1.807, 2.05) is 0 Å². The molecule has 1 fully saturated rings. The molecule has 1 aliphatic rings. The maximum absolute atomic E-state index is 9.34. The molecular formula is C13H27NO. The summed E-state index contributed by atoms with van der Waals surface area (Å²) < 4.78 is 0. The van der Waals surface area contributed by atoms with Crippen molar-refractivity contribution < 1.29 is 5.11 Å². The number of rotatable bonds is 5. The highest BCUT2D eigenvalue weighted by molar-refractivity contribution is 4.82. The summed E-state index contributed by atoms with van der Waals surface area (Å²) in [7, 11) is 0. The van der Waals surface area contributed by atoms with Gasteiger partial charge in [-0.25, -0.2) is 0 Å². The summed E-state index contributed by atoms with van der Waals surface area (Å²) in [6.07, 6.45) is 6.47. The summed E-state index contributed by atoms with van der Waals surface area (Å²) in [5.41, 5.74) is 0.0666. The van der Waals surface area contributed by atoms with Crippen LogP contribution in [-0.2, 0) is 0 Å². The van der Waals surface area contributed by atoms with E-state index in [4.69, 9.17) is 0 Å². The van der Waals surface area contributed by atoms with E-state index in [9.17, 15) is 5.11 Å². The second kappa shape index (κ2) is 5.86. The normalized spacial score (nSPS) is 31.2. The van der Waals surface area contributed by atoms with E-state index < -0.39 is 0 Å². The van der Waals surface area contributed by atoms with Crippen molar-refractivity contribution in [2.75, 3.05) is 13.2 Å². The van der Waals surface area contributed by atoms with Gasteiger partial charge in [0.2, 0.25) is 0 Å². The molecule has 0 aromatic carbocycles. The van der Waals surface area contributed by atoms with Gasteiger partial charge in [0.15, 0.2) is 0 Å². The minimum Gasteiger partial charge on any atom is -0.396 e. The Labute approximate surface area is 94.5 Å². The van der Waals surface area contributed by atoms with E-state index in [1.54, 1.807) is 0 Å². The number of hydrogen-bond donors (Lipinski definition) is 2. The Bertz CT molecular complexity index is 177. The third-order valence-electron chi connectivity index (χ3n) is 4.14. The van der Waals surface area contributed by atoms with Crippen LogP contribution in [-0.4, -0.2) is 24.3 Å². The number of nitrogens with one attached hydrogen (secondary N) is 1. The summed E-state index contributed by atoms with van der Waals surface area (Å²) in [6.45, 7) is 7.90. The van der Waals surface area contributed by atoms with Crippen LogP contribution in [0.4, 0.5) is 0 Å². The Kier molecular flexibility index (Phi) is 5.07. The van der Waals surface area contributed by atoms with Gasteiger partial charge in [-0.3, -0.25) is 0 Å². The highest BCUT2D eigenvalue weighted by atomic mass is 16.3. The summed E-state index contributed by atoms with van der Waals surface area (Å²) in [5, 5.41) is 13.0. The van der Waals surface area contributed by atoms with Crippen molar-refractivity contribution in [3.63, 3.8) is 0 Å². The predicted octanol–water partition coefficient (Wildman–Crippen LogP) is 2.56. The molecule has 0 bridgehead atoms. The van der Waals surface area contributed by atoms with Crippen LogP contribution in [0.3, 0.4) is 0 Å². The average molecular weight is 213 g/mol. The van der Waals surface area contributed by atoms with E-state index >= 15 is 0 Å². The van der Waals surface area contributed by atoms with Gasteiger partial charge in [0, 0.05) is 24.6 Å². The Morgan fingerprint density at radius 2 is 2.00 bits per heavy atom. The Morgan fingerprint density at radius 3 is 2.53 bits per heavy atom. The molecule has 15 heavy (non-hydrogen) atoms. The summed E-state index contributed by atoms with van der Waals surface area (Å²) in [4.78, 5) is 0. The second-order valence-corrected chi connectivity index (χ2v) is 5.57. The molecule has 3 atom stereocenters. The fraction of sp³-hybridized carbons (Fsp3) is 1.00. The van der Waals surface area contributed by atoms with E-state index in [0.717, 1.165) is 18.9 Å². The largest absolute Gasteiger partial charge is 0.396 e. The quantitative estimate of drug-likeness (QED) is 0.735. The maximum atomic E-state index is 9.34. The van der Waals surface area contributed by atoms with Crippen LogP contribution in [0.5, 0.6) is 0 Å². The fourth-order valence-corrected chi connectivity index (χ4v) is 2.29. The third kappa shape index (κ3) is 3.76. The molecule has 0 saturated heterocycles. The topological polar surface area (TPSA) is 32.3 Å². The van der Waals surface area contributed by atoms with Crippen molar-refractivity contribution in [1.29, 1.82) is 0 Å². The lowest BCUT2D eigenvalue weighted by Gasteiger charge is -2.34.